The lowest BCUT2D eigenvalue weighted by molar-refractivity contribution is -0.115. The molecular formula is C17H18FN3O2. The molecule has 23 heavy (non-hydrogen) atoms. The van der Waals surface area contributed by atoms with E-state index in [0.717, 1.165) is 0 Å². The fourth-order valence-electron chi connectivity index (χ4n) is 2.20. The van der Waals surface area contributed by atoms with E-state index in [1.54, 1.807) is 39.0 Å². The van der Waals surface area contributed by atoms with Crippen LogP contribution >= 0.6 is 0 Å². The molecule has 0 aliphatic carbocycles. The average Bonchev–Trinajstić information content (AvgIpc) is 2.79. The monoisotopic (exact) mass is 315 g/mol. The standard InChI is InChI=1S/C17H18FN3O2/c1-10-12(3)23-17(14(10)8-19)21-16(22)9-20-11(2)13-6-4-5-7-15(13)18/h4-7,11,20H,9H2,1-3H3,(H,21,22). The highest BCUT2D eigenvalue weighted by Gasteiger charge is 2.17. The number of hydrogen-bond donors (Lipinski definition) is 2. The van der Waals surface area contributed by atoms with Crippen molar-refractivity contribution in [2.45, 2.75) is 26.8 Å². The van der Waals surface area contributed by atoms with Crippen molar-refractivity contribution < 1.29 is 13.6 Å². The van der Waals surface area contributed by atoms with Crippen molar-refractivity contribution in [3.05, 3.63) is 52.5 Å². The number of nitriles is 1. The Kier molecular flexibility index (Phi) is 5.14. The summed E-state index contributed by atoms with van der Waals surface area (Å²) in [5, 5.41) is 14.6. The number of nitrogens with zero attached hydrogens (tertiary/aromatic N) is 1. The Morgan fingerprint density at radius 3 is 2.74 bits per heavy atom. The second-order valence-corrected chi connectivity index (χ2v) is 5.27. The first-order chi connectivity index (χ1) is 10.9. The zero-order chi connectivity index (χ0) is 17.0. The summed E-state index contributed by atoms with van der Waals surface area (Å²) in [5.74, 6) is 0.0489. The van der Waals surface area contributed by atoms with Crippen molar-refractivity contribution in [1.82, 2.24) is 5.32 Å². The Morgan fingerprint density at radius 2 is 2.09 bits per heavy atom. The van der Waals surface area contributed by atoms with Crippen LogP contribution in [0.4, 0.5) is 10.3 Å². The number of furan rings is 1. The quantitative estimate of drug-likeness (QED) is 0.888. The van der Waals surface area contributed by atoms with E-state index >= 15 is 0 Å². The molecule has 0 fully saturated rings. The SMILES string of the molecule is Cc1oc(NC(=O)CNC(C)c2ccccc2F)c(C#N)c1C. The van der Waals surface area contributed by atoms with Crippen LogP contribution in [0, 0.1) is 31.0 Å². The summed E-state index contributed by atoms with van der Waals surface area (Å²) >= 11 is 0. The third-order valence-electron chi connectivity index (χ3n) is 3.69. The average molecular weight is 315 g/mol. The van der Waals surface area contributed by atoms with E-state index < -0.39 is 0 Å². The van der Waals surface area contributed by atoms with Gasteiger partial charge >= 0.3 is 0 Å². The van der Waals surface area contributed by atoms with Crippen LogP contribution in [-0.2, 0) is 4.79 Å². The predicted octanol–water partition coefficient (Wildman–Crippen LogP) is 3.20. The van der Waals surface area contributed by atoms with Crippen molar-refractivity contribution in [3.8, 4) is 6.07 Å². The molecule has 5 nitrogen and oxygen atoms in total. The van der Waals surface area contributed by atoms with Gasteiger partial charge in [-0.3, -0.25) is 10.1 Å². The van der Waals surface area contributed by atoms with Gasteiger partial charge in [0, 0.05) is 17.2 Å². The van der Waals surface area contributed by atoms with Crippen LogP contribution in [0.2, 0.25) is 0 Å². The molecule has 0 saturated heterocycles. The number of hydrogen-bond acceptors (Lipinski definition) is 4. The van der Waals surface area contributed by atoms with E-state index in [1.165, 1.54) is 6.07 Å². The number of halogens is 1. The van der Waals surface area contributed by atoms with Gasteiger partial charge in [0.05, 0.1) is 6.54 Å². The molecule has 0 aliphatic heterocycles. The maximum absolute atomic E-state index is 13.7. The number of amides is 1. The Bertz CT molecular complexity index is 762. The van der Waals surface area contributed by atoms with E-state index in [1.807, 2.05) is 6.07 Å². The van der Waals surface area contributed by atoms with E-state index in [2.05, 4.69) is 10.6 Å². The molecule has 2 N–H and O–H groups in total. The normalized spacial score (nSPS) is 11.8. The second-order valence-electron chi connectivity index (χ2n) is 5.27. The molecular weight excluding hydrogens is 297 g/mol. The molecule has 1 amide bonds. The highest BCUT2D eigenvalue weighted by atomic mass is 19.1. The minimum atomic E-state index is -0.363. The zero-order valence-corrected chi connectivity index (χ0v) is 13.2. The third-order valence-corrected chi connectivity index (χ3v) is 3.69. The summed E-state index contributed by atoms with van der Waals surface area (Å²) in [5.41, 5.74) is 1.51. The molecule has 0 aliphatic rings. The van der Waals surface area contributed by atoms with Gasteiger partial charge in [-0.1, -0.05) is 18.2 Å². The Labute approximate surface area is 134 Å². The molecule has 1 atom stereocenters. The number of carbonyl (C=O) groups is 1. The fraction of sp³-hybridized carbons (Fsp3) is 0.294. The summed E-state index contributed by atoms with van der Waals surface area (Å²) in [4.78, 5) is 12.0. The van der Waals surface area contributed by atoms with E-state index in [4.69, 9.17) is 9.68 Å². The number of benzene rings is 1. The number of carbonyl (C=O) groups excluding carboxylic acids is 1. The molecule has 1 unspecified atom stereocenters. The van der Waals surface area contributed by atoms with Gasteiger partial charge in [-0.05, 0) is 26.8 Å². The van der Waals surface area contributed by atoms with E-state index in [9.17, 15) is 9.18 Å². The van der Waals surface area contributed by atoms with Crippen LogP contribution in [0.1, 0.15) is 35.4 Å². The topological polar surface area (TPSA) is 78.1 Å². The molecule has 120 valence electrons. The fourth-order valence-corrected chi connectivity index (χ4v) is 2.20. The van der Waals surface area contributed by atoms with Gasteiger partial charge in [0.25, 0.3) is 0 Å². The predicted molar refractivity (Wildman–Crippen MR) is 84.3 cm³/mol. The number of anilines is 1. The Balaban J connectivity index is 1.97. The molecule has 0 saturated carbocycles. The second kappa shape index (κ2) is 7.07. The lowest BCUT2D eigenvalue weighted by Crippen LogP contribution is -2.30. The van der Waals surface area contributed by atoms with Crippen molar-refractivity contribution >= 4 is 11.8 Å². The molecule has 0 radical (unpaired) electrons. The van der Waals surface area contributed by atoms with Gasteiger partial charge in [0.1, 0.15) is 23.2 Å². The minimum Gasteiger partial charge on any atom is -0.444 e. The van der Waals surface area contributed by atoms with Crippen LogP contribution in [0.5, 0.6) is 0 Å². The van der Waals surface area contributed by atoms with Crippen LogP contribution in [-0.4, -0.2) is 12.5 Å². The molecule has 1 aromatic heterocycles. The van der Waals surface area contributed by atoms with Gasteiger partial charge < -0.3 is 9.73 Å². The van der Waals surface area contributed by atoms with Gasteiger partial charge in [-0.25, -0.2) is 4.39 Å². The van der Waals surface area contributed by atoms with Crippen LogP contribution in [0.25, 0.3) is 0 Å². The van der Waals surface area contributed by atoms with Crippen LogP contribution in [0.3, 0.4) is 0 Å². The first-order valence-corrected chi connectivity index (χ1v) is 7.21. The molecule has 1 heterocycles. The van der Waals surface area contributed by atoms with Crippen molar-refractivity contribution in [2.75, 3.05) is 11.9 Å². The Hall–Kier alpha value is -2.65. The molecule has 2 aromatic rings. The smallest absolute Gasteiger partial charge is 0.240 e. The highest BCUT2D eigenvalue weighted by Crippen LogP contribution is 2.25. The van der Waals surface area contributed by atoms with Crippen molar-refractivity contribution in [1.29, 1.82) is 5.26 Å². The number of aryl methyl sites for hydroxylation is 1. The lowest BCUT2D eigenvalue weighted by Gasteiger charge is -2.14. The summed E-state index contributed by atoms with van der Waals surface area (Å²) in [6, 6.07) is 8.08. The third kappa shape index (κ3) is 3.76. The van der Waals surface area contributed by atoms with E-state index in [0.29, 0.717) is 22.5 Å². The van der Waals surface area contributed by atoms with Gasteiger partial charge in [-0.15, -0.1) is 0 Å². The molecule has 6 heteroatoms. The molecule has 2 rings (SSSR count). The summed E-state index contributed by atoms with van der Waals surface area (Å²) in [6.07, 6.45) is 0. The van der Waals surface area contributed by atoms with Crippen LogP contribution < -0.4 is 10.6 Å². The van der Waals surface area contributed by atoms with Crippen molar-refractivity contribution in [2.24, 2.45) is 0 Å². The zero-order valence-electron chi connectivity index (χ0n) is 13.2. The lowest BCUT2D eigenvalue weighted by atomic mass is 10.1. The van der Waals surface area contributed by atoms with Gasteiger partial charge in [0.15, 0.2) is 0 Å². The van der Waals surface area contributed by atoms with Crippen molar-refractivity contribution in [3.63, 3.8) is 0 Å². The minimum absolute atomic E-state index is 0.0286. The maximum atomic E-state index is 13.7. The largest absolute Gasteiger partial charge is 0.444 e. The molecule has 0 bridgehead atoms. The first-order valence-electron chi connectivity index (χ1n) is 7.21. The molecule has 0 spiro atoms. The number of rotatable bonds is 5. The highest BCUT2D eigenvalue weighted by molar-refractivity contribution is 5.92. The molecule has 1 aromatic carbocycles. The maximum Gasteiger partial charge on any atom is 0.240 e. The van der Waals surface area contributed by atoms with Crippen LogP contribution in [0.15, 0.2) is 28.7 Å². The Morgan fingerprint density at radius 1 is 1.39 bits per heavy atom. The van der Waals surface area contributed by atoms with Gasteiger partial charge in [0.2, 0.25) is 11.8 Å². The summed E-state index contributed by atoms with van der Waals surface area (Å²) in [7, 11) is 0. The summed E-state index contributed by atoms with van der Waals surface area (Å²) in [6.45, 7) is 5.22. The van der Waals surface area contributed by atoms with E-state index in [-0.39, 0.29) is 30.2 Å². The first kappa shape index (κ1) is 16.7. The number of nitrogens with one attached hydrogen (secondary N) is 2. The van der Waals surface area contributed by atoms with Gasteiger partial charge in [-0.2, -0.15) is 5.26 Å². The summed E-state index contributed by atoms with van der Waals surface area (Å²) < 4.78 is 19.0.